The summed E-state index contributed by atoms with van der Waals surface area (Å²) in [7, 11) is 1.38. The number of benzene rings is 2. The van der Waals surface area contributed by atoms with Gasteiger partial charge < -0.3 is 39.3 Å². The first-order chi connectivity index (χ1) is 18.3. The maximum atomic E-state index is 12.8. The van der Waals surface area contributed by atoms with E-state index in [2.05, 4.69) is 22.6 Å². The Bertz CT molecular complexity index is 1470. The number of hydrogen-bond acceptors (Lipinski definition) is 10. The van der Waals surface area contributed by atoms with Crippen LogP contribution in [0, 0.1) is 10.5 Å². The van der Waals surface area contributed by atoms with Crippen molar-refractivity contribution in [3.63, 3.8) is 0 Å². The molecule has 208 valence electrons. The lowest BCUT2D eigenvalue weighted by atomic mass is 9.89. The largest absolute Gasteiger partial charge is 0.507 e. The second-order valence-corrected chi connectivity index (χ2v) is 10.9. The molecule has 0 radical (unpaired) electrons. The number of aliphatic hydroxyl groups is 1. The first-order valence-corrected chi connectivity index (χ1v) is 13.0. The Labute approximate surface area is 236 Å². The van der Waals surface area contributed by atoms with E-state index in [1.165, 1.54) is 19.2 Å². The first kappa shape index (κ1) is 28.8. The summed E-state index contributed by atoms with van der Waals surface area (Å²) in [6, 6.07) is 9.80. The Kier molecular flexibility index (Phi) is 8.21. The Morgan fingerprint density at radius 3 is 2.44 bits per heavy atom. The lowest BCUT2D eigenvalue weighted by Gasteiger charge is -2.47. The quantitative estimate of drug-likeness (QED) is 0.196. The van der Waals surface area contributed by atoms with Crippen LogP contribution in [-0.2, 0) is 20.6 Å². The third-order valence-corrected chi connectivity index (χ3v) is 7.33. The molecule has 3 aromatic rings. The molecule has 1 saturated heterocycles. The minimum absolute atomic E-state index is 0.0322. The average Bonchev–Trinajstić information content (AvgIpc) is 2.86. The van der Waals surface area contributed by atoms with Gasteiger partial charge in [0.1, 0.15) is 23.2 Å². The number of hydrogen-bond donors (Lipinski definition) is 3. The highest BCUT2D eigenvalue weighted by molar-refractivity contribution is 14.1. The maximum Gasteiger partial charge on any atom is 0.404 e. The monoisotopic (exact) mass is 653 g/mol. The first-order valence-electron chi connectivity index (χ1n) is 11.9. The van der Waals surface area contributed by atoms with Crippen LogP contribution >= 0.6 is 22.6 Å². The molecule has 0 aliphatic carbocycles. The Morgan fingerprint density at radius 1 is 1.15 bits per heavy atom. The molecule has 12 heteroatoms. The fourth-order valence-corrected chi connectivity index (χ4v) is 5.01. The highest BCUT2D eigenvalue weighted by Gasteiger charge is 2.53. The van der Waals surface area contributed by atoms with E-state index in [4.69, 9.17) is 29.1 Å². The Morgan fingerprint density at radius 2 is 1.82 bits per heavy atom. The maximum absolute atomic E-state index is 12.8. The van der Waals surface area contributed by atoms with Crippen LogP contribution in [0.5, 0.6) is 11.5 Å². The topological polar surface area (TPSA) is 168 Å². The van der Waals surface area contributed by atoms with Gasteiger partial charge in [-0.05, 0) is 67.6 Å². The molecule has 4 rings (SSSR count). The predicted octanol–water partition coefficient (Wildman–Crippen LogP) is 3.19. The van der Waals surface area contributed by atoms with Crippen LogP contribution in [0.4, 0.5) is 4.79 Å². The van der Waals surface area contributed by atoms with Gasteiger partial charge in [-0.1, -0.05) is 12.1 Å². The van der Waals surface area contributed by atoms with Crippen molar-refractivity contribution < 1.29 is 43.2 Å². The number of amides is 1. The van der Waals surface area contributed by atoms with Crippen LogP contribution in [0.3, 0.4) is 0 Å². The van der Waals surface area contributed by atoms with Crippen molar-refractivity contribution in [1.29, 1.82) is 0 Å². The molecule has 1 fully saturated rings. The molecule has 1 aromatic heterocycles. The van der Waals surface area contributed by atoms with Gasteiger partial charge in [-0.3, -0.25) is 4.79 Å². The highest BCUT2D eigenvalue weighted by atomic mass is 127. The third-order valence-electron chi connectivity index (χ3n) is 6.61. The molecule has 1 amide bonds. The minimum atomic E-state index is -1.49. The van der Waals surface area contributed by atoms with E-state index in [0.29, 0.717) is 11.1 Å². The van der Waals surface area contributed by atoms with E-state index in [-0.39, 0.29) is 40.2 Å². The zero-order valence-corrected chi connectivity index (χ0v) is 23.8. The van der Waals surface area contributed by atoms with Gasteiger partial charge in [0.05, 0.1) is 16.6 Å². The van der Waals surface area contributed by atoms with Gasteiger partial charge in [-0.15, -0.1) is 0 Å². The zero-order chi connectivity index (χ0) is 28.6. The SMILES string of the molecule is CO[C@@H]1[C@@H](OC(N)=O)[C@@H](O)[C@H](Oc2ccc3c(O)c(CC(=O)c4ccc(I)cc4)c(=O)oc3c2C)OC1(C)C. The number of rotatable bonds is 7. The summed E-state index contributed by atoms with van der Waals surface area (Å²) >= 11 is 2.12. The summed E-state index contributed by atoms with van der Waals surface area (Å²) in [6.07, 6.45) is -6.31. The van der Waals surface area contributed by atoms with Crippen LogP contribution in [0.25, 0.3) is 11.0 Å². The number of primary amides is 1. The molecule has 0 spiro atoms. The molecule has 11 nitrogen and oxygen atoms in total. The van der Waals surface area contributed by atoms with Crippen LogP contribution in [0.15, 0.2) is 45.6 Å². The molecule has 2 aromatic carbocycles. The van der Waals surface area contributed by atoms with Crippen molar-refractivity contribution in [2.24, 2.45) is 5.73 Å². The lowest BCUT2D eigenvalue weighted by Crippen LogP contribution is -2.65. The van der Waals surface area contributed by atoms with Gasteiger partial charge in [0, 0.05) is 28.2 Å². The van der Waals surface area contributed by atoms with Crippen LogP contribution < -0.4 is 16.1 Å². The summed E-state index contributed by atoms with van der Waals surface area (Å²) < 4.78 is 28.8. The number of aliphatic hydroxyl groups excluding tert-OH is 1. The molecular formula is C27H28INO10. The number of methoxy groups -OCH3 is 1. The molecule has 0 saturated carbocycles. The van der Waals surface area contributed by atoms with Crippen molar-refractivity contribution in [2.45, 2.75) is 57.4 Å². The number of ether oxygens (including phenoxy) is 4. The summed E-state index contributed by atoms with van der Waals surface area (Å²) in [6.45, 7) is 4.93. The fourth-order valence-electron chi connectivity index (χ4n) is 4.66. The van der Waals surface area contributed by atoms with Gasteiger partial charge in [0.25, 0.3) is 0 Å². The highest BCUT2D eigenvalue weighted by Crippen LogP contribution is 2.37. The summed E-state index contributed by atoms with van der Waals surface area (Å²) in [5.74, 6) is -0.554. The minimum Gasteiger partial charge on any atom is -0.507 e. The van der Waals surface area contributed by atoms with Crippen LogP contribution in [0.2, 0.25) is 0 Å². The number of Topliss-reactive ketones (excluding diaryl/α,β-unsaturated/α-hetero) is 1. The molecule has 2 heterocycles. The summed E-state index contributed by atoms with van der Waals surface area (Å²) in [5, 5.41) is 22.0. The predicted molar refractivity (Wildman–Crippen MR) is 147 cm³/mol. The third kappa shape index (κ3) is 5.73. The van der Waals surface area contributed by atoms with Crippen molar-refractivity contribution in [3.05, 3.63) is 67.1 Å². The Hall–Kier alpha value is -3.20. The van der Waals surface area contributed by atoms with Gasteiger partial charge in [-0.2, -0.15) is 0 Å². The number of aromatic hydroxyl groups is 1. The molecule has 1 aliphatic heterocycles. The van der Waals surface area contributed by atoms with Gasteiger partial charge in [0.15, 0.2) is 18.0 Å². The number of carbonyl (C=O) groups is 2. The second kappa shape index (κ2) is 11.1. The number of carbonyl (C=O) groups excluding carboxylic acids is 2. The molecule has 1 aliphatic rings. The summed E-state index contributed by atoms with van der Waals surface area (Å²) in [5.41, 5.74) is 3.85. The molecule has 39 heavy (non-hydrogen) atoms. The molecular weight excluding hydrogens is 625 g/mol. The van der Waals surface area contributed by atoms with Gasteiger partial charge in [-0.25, -0.2) is 9.59 Å². The standard InChI is InChI=1S/C27H28INO10/c1-12-18(36-25-20(32)22(38-26(29)34)23(35-4)27(2,3)39-25)10-9-15-19(31)16(24(33)37-21(12)15)11-17(30)13-5-7-14(28)8-6-13/h5-10,20,22-23,25,31-32H,11H2,1-4H3,(H2,29,34)/t20-,22+,23-,25-/m1/s1. The normalized spacial score (nSPS) is 22.4. The molecule has 4 atom stereocenters. The summed E-state index contributed by atoms with van der Waals surface area (Å²) in [4.78, 5) is 37.0. The number of fused-ring (bicyclic) bond motifs is 1. The Balaban J connectivity index is 1.65. The van der Waals surface area contributed by atoms with Crippen molar-refractivity contribution >= 4 is 45.4 Å². The zero-order valence-electron chi connectivity index (χ0n) is 21.6. The van der Waals surface area contributed by atoms with E-state index in [1.807, 2.05) is 0 Å². The van der Waals surface area contributed by atoms with Gasteiger partial charge in [0.2, 0.25) is 6.29 Å². The van der Waals surface area contributed by atoms with Crippen molar-refractivity contribution in [1.82, 2.24) is 0 Å². The van der Waals surface area contributed by atoms with Crippen LogP contribution in [-0.4, -0.2) is 59.4 Å². The lowest BCUT2D eigenvalue weighted by molar-refractivity contribution is -0.304. The molecule has 0 unspecified atom stereocenters. The van der Waals surface area contributed by atoms with E-state index in [1.54, 1.807) is 45.0 Å². The van der Waals surface area contributed by atoms with Crippen LogP contribution in [0.1, 0.15) is 35.3 Å². The number of halogens is 1. The number of ketones is 1. The fraction of sp³-hybridized carbons (Fsp3) is 0.370. The van der Waals surface area contributed by atoms with Crippen molar-refractivity contribution in [2.75, 3.05) is 7.11 Å². The van der Waals surface area contributed by atoms with Gasteiger partial charge >= 0.3 is 11.7 Å². The average molecular weight is 653 g/mol. The van der Waals surface area contributed by atoms with E-state index < -0.39 is 41.9 Å². The molecule has 0 bridgehead atoms. The van der Waals surface area contributed by atoms with E-state index in [0.717, 1.165) is 3.57 Å². The van der Waals surface area contributed by atoms with E-state index in [9.17, 15) is 24.6 Å². The second-order valence-electron chi connectivity index (χ2n) is 9.64. The van der Waals surface area contributed by atoms with Crippen molar-refractivity contribution in [3.8, 4) is 11.5 Å². The van der Waals surface area contributed by atoms with E-state index >= 15 is 0 Å². The smallest absolute Gasteiger partial charge is 0.404 e. The molecule has 4 N–H and O–H groups in total. The number of nitrogens with two attached hydrogens (primary N) is 1. The number of aryl methyl sites for hydroxylation is 1.